The van der Waals surface area contributed by atoms with Crippen LogP contribution in [0, 0.1) is 6.92 Å². The molecule has 232 valence electrons. The van der Waals surface area contributed by atoms with E-state index in [9.17, 15) is 14.4 Å². The first-order valence-corrected chi connectivity index (χ1v) is 15.0. The number of carbonyl (C=O) groups is 3. The van der Waals surface area contributed by atoms with Crippen LogP contribution in [-0.4, -0.2) is 53.2 Å². The molecule has 0 saturated carbocycles. The van der Waals surface area contributed by atoms with E-state index in [4.69, 9.17) is 14.6 Å². The van der Waals surface area contributed by atoms with Crippen molar-refractivity contribution in [1.29, 1.82) is 0 Å². The number of para-hydroxylation sites is 1. The molecular weight excluding hydrogens is 570 g/mol. The molecule has 5 rings (SSSR count). The Labute approximate surface area is 262 Å². The molecular formula is C36H37N3O6. The van der Waals surface area contributed by atoms with Crippen LogP contribution in [0.15, 0.2) is 103 Å². The van der Waals surface area contributed by atoms with Gasteiger partial charge in [-0.25, -0.2) is 9.59 Å². The van der Waals surface area contributed by atoms with Crippen molar-refractivity contribution in [2.24, 2.45) is 0 Å². The fourth-order valence-electron chi connectivity index (χ4n) is 5.44. The second kappa shape index (κ2) is 15.0. The van der Waals surface area contributed by atoms with E-state index < -0.39 is 5.97 Å². The molecule has 0 bridgehead atoms. The predicted molar refractivity (Wildman–Crippen MR) is 173 cm³/mol. The monoisotopic (exact) mass is 607 g/mol. The van der Waals surface area contributed by atoms with Gasteiger partial charge in [-0.3, -0.25) is 4.79 Å². The summed E-state index contributed by atoms with van der Waals surface area (Å²) in [5.74, 6) is -0.485. The molecule has 1 heterocycles. The smallest absolute Gasteiger partial charge is 0.335 e. The average molecular weight is 608 g/mol. The second-order valence-electron chi connectivity index (χ2n) is 11.1. The van der Waals surface area contributed by atoms with Gasteiger partial charge in [0.2, 0.25) is 5.91 Å². The lowest BCUT2D eigenvalue weighted by molar-refractivity contribution is -0.135. The van der Waals surface area contributed by atoms with Gasteiger partial charge in [0.25, 0.3) is 0 Å². The summed E-state index contributed by atoms with van der Waals surface area (Å²) in [4.78, 5) is 39.3. The minimum Gasteiger partial charge on any atom is -0.491 e. The largest absolute Gasteiger partial charge is 0.491 e. The normalized spacial score (nSPS) is 15.8. The summed E-state index contributed by atoms with van der Waals surface area (Å²) >= 11 is 0. The van der Waals surface area contributed by atoms with Crippen LogP contribution in [0.3, 0.4) is 0 Å². The highest BCUT2D eigenvalue weighted by Gasteiger charge is 2.37. The van der Waals surface area contributed by atoms with Crippen molar-refractivity contribution in [3.05, 3.63) is 125 Å². The first-order valence-electron chi connectivity index (χ1n) is 15.0. The zero-order valence-electron chi connectivity index (χ0n) is 25.1. The zero-order chi connectivity index (χ0) is 31.6. The Kier molecular flexibility index (Phi) is 10.4. The van der Waals surface area contributed by atoms with E-state index in [-0.39, 0.29) is 42.6 Å². The van der Waals surface area contributed by atoms with Gasteiger partial charge in [0.1, 0.15) is 12.4 Å². The van der Waals surface area contributed by atoms with Crippen molar-refractivity contribution >= 4 is 29.3 Å². The highest BCUT2D eigenvalue weighted by molar-refractivity contribution is 6.00. The van der Waals surface area contributed by atoms with Crippen LogP contribution in [0.2, 0.25) is 0 Å². The number of hydrogen-bond acceptors (Lipinski definition) is 5. The number of aromatic carboxylic acids is 1. The molecule has 0 aliphatic carbocycles. The van der Waals surface area contributed by atoms with Crippen LogP contribution in [-0.2, 0) is 22.6 Å². The number of carbonyl (C=O) groups excluding carboxylic acids is 2. The molecule has 0 unspecified atom stereocenters. The summed E-state index contributed by atoms with van der Waals surface area (Å²) in [6.07, 6.45) is 1.73. The van der Waals surface area contributed by atoms with Crippen molar-refractivity contribution < 1.29 is 29.0 Å². The number of rotatable bonds is 12. The number of nitrogens with one attached hydrogen (secondary N) is 2. The Morgan fingerprint density at radius 2 is 1.44 bits per heavy atom. The quantitative estimate of drug-likeness (QED) is 0.169. The number of aryl methyl sites for hydroxylation is 1. The number of carboxylic acid groups (broad SMARTS) is 1. The van der Waals surface area contributed by atoms with Crippen molar-refractivity contribution in [2.45, 2.75) is 44.9 Å². The second-order valence-corrected chi connectivity index (χ2v) is 11.1. The maximum Gasteiger partial charge on any atom is 0.335 e. The molecule has 3 amide bonds. The number of amides is 3. The molecule has 45 heavy (non-hydrogen) atoms. The molecule has 2 atom stereocenters. The Morgan fingerprint density at radius 1 is 0.778 bits per heavy atom. The van der Waals surface area contributed by atoms with Gasteiger partial charge in [0.05, 0.1) is 37.3 Å². The molecule has 1 aliphatic rings. The van der Waals surface area contributed by atoms with Crippen molar-refractivity contribution in [2.75, 3.05) is 23.8 Å². The van der Waals surface area contributed by atoms with Gasteiger partial charge in [-0.1, -0.05) is 60.7 Å². The Morgan fingerprint density at radius 3 is 2.13 bits per heavy atom. The SMILES string of the molecule is Cc1ccccc1NC(=O)Nc1ccc(CC(=O)N2[C@H](COCc3ccccc3)CC[C@H]2COc2ccc(C(=O)O)cc2)cc1. The summed E-state index contributed by atoms with van der Waals surface area (Å²) in [6, 6.07) is 30.4. The van der Waals surface area contributed by atoms with Gasteiger partial charge in [-0.05, 0) is 78.9 Å². The topological polar surface area (TPSA) is 117 Å². The maximum absolute atomic E-state index is 13.8. The summed E-state index contributed by atoms with van der Waals surface area (Å²) < 4.78 is 12.1. The average Bonchev–Trinajstić information content (AvgIpc) is 3.45. The van der Waals surface area contributed by atoms with E-state index in [0.29, 0.717) is 24.7 Å². The van der Waals surface area contributed by atoms with Crippen LogP contribution in [0.4, 0.5) is 16.2 Å². The third-order valence-electron chi connectivity index (χ3n) is 7.83. The number of nitrogens with zero attached hydrogens (tertiary/aromatic N) is 1. The minimum absolute atomic E-state index is 0.0337. The van der Waals surface area contributed by atoms with E-state index in [1.165, 1.54) is 12.1 Å². The zero-order valence-corrected chi connectivity index (χ0v) is 25.1. The van der Waals surface area contributed by atoms with E-state index in [1.807, 2.05) is 78.6 Å². The number of urea groups is 1. The highest BCUT2D eigenvalue weighted by Crippen LogP contribution is 2.27. The maximum atomic E-state index is 13.8. The molecule has 1 fully saturated rings. The lowest BCUT2D eigenvalue weighted by Gasteiger charge is -2.30. The molecule has 0 aromatic heterocycles. The van der Waals surface area contributed by atoms with E-state index in [1.54, 1.807) is 24.3 Å². The summed E-state index contributed by atoms with van der Waals surface area (Å²) in [6.45, 7) is 3.08. The highest BCUT2D eigenvalue weighted by atomic mass is 16.5. The predicted octanol–water partition coefficient (Wildman–Crippen LogP) is 6.54. The van der Waals surface area contributed by atoms with E-state index in [2.05, 4.69) is 10.6 Å². The van der Waals surface area contributed by atoms with Crippen molar-refractivity contribution in [1.82, 2.24) is 4.90 Å². The molecule has 9 nitrogen and oxygen atoms in total. The van der Waals surface area contributed by atoms with Gasteiger partial charge in [0, 0.05) is 11.4 Å². The van der Waals surface area contributed by atoms with Crippen LogP contribution in [0.1, 0.15) is 39.9 Å². The number of likely N-dealkylation sites (tertiary alicyclic amines) is 1. The van der Waals surface area contributed by atoms with E-state index in [0.717, 1.165) is 35.2 Å². The fourth-order valence-corrected chi connectivity index (χ4v) is 5.44. The molecule has 4 aromatic carbocycles. The minimum atomic E-state index is -0.998. The molecule has 3 N–H and O–H groups in total. The number of ether oxygens (including phenoxy) is 2. The van der Waals surface area contributed by atoms with Gasteiger partial charge in [-0.15, -0.1) is 0 Å². The van der Waals surface area contributed by atoms with Crippen LogP contribution in [0.5, 0.6) is 5.75 Å². The molecule has 0 spiro atoms. The Bertz CT molecular complexity index is 1590. The van der Waals surface area contributed by atoms with Crippen molar-refractivity contribution in [3.8, 4) is 5.75 Å². The number of hydrogen-bond donors (Lipinski definition) is 3. The van der Waals surface area contributed by atoms with Crippen molar-refractivity contribution in [3.63, 3.8) is 0 Å². The molecule has 1 saturated heterocycles. The van der Waals surface area contributed by atoms with Crippen LogP contribution < -0.4 is 15.4 Å². The van der Waals surface area contributed by atoms with Gasteiger partial charge < -0.3 is 30.1 Å². The third kappa shape index (κ3) is 8.70. The number of benzene rings is 4. The lowest BCUT2D eigenvalue weighted by atomic mass is 10.1. The molecule has 0 radical (unpaired) electrons. The third-order valence-corrected chi connectivity index (χ3v) is 7.83. The van der Waals surface area contributed by atoms with Crippen LogP contribution >= 0.6 is 0 Å². The van der Waals surface area contributed by atoms with Crippen LogP contribution in [0.25, 0.3) is 0 Å². The Hall–Kier alpha value is -5.15. The first kappa shape index (κ1) is 31.3. The molecule has 4 aromatic rings. The Balaban J connectivity index is 1.21. The molecule has 1 aliphatic heterocycles. The summed E-state index contributed by atoms with van der Waals surface area (Å²) in [5, 5.41) is 14.9. The first-order chi connectivity index (χ1) is 21.9. The van der Waals surface area contributed by atoms with Gasteiger partial charge in [-0.2, -0.15) is 0 Å². The number of carboxylic acids is 1. The molecule has 9 heteroatoms. The van der Waals surface area contributed by atoms with E-state index >= 15 is 0 Å². The standard InChI is InChI=1S/C36H37N3O6/c1-25-7-5-6-10-33(25)38-36(43)37-29-15-11-26(12-16-29)21-34(40)39-30(23-44-22-27-8-3-2-4-9-27)17-18-31(39)24-45-32-19-13-28(14-20-32)35(41)42/h2-16,19-20,30-31H,17-18,21-24H2,1H3,(H,41,42)(H2,37,38,43)/t30-,31-/m0/s1. The summed E-state index contributed by atoms with van der Waals surface area (Å²) in [7, 11) is 0. The van der Waals surface area contributed by atoms with Gasteiger partial charge in [0.15, 0.2) is 0 Å². The number of anilines is 2. The summed E-state index contributed by atoms with van der Waals surface area (Å²) in [5.41, 5.74) is 4.39. The fraction of sp³-hybridized carbons (Fsp3) is 0.250. The van der Waals surface area contributed by atoms with Gasteiger partial charge >= 0.3 is 12.0 Å². The lowest BCUT2D eigenvalue weighted by Crippen LogP contribution is -2.46.